The van der Waals surface area contributed by atoms with E-state index in [0.29, 0.717) is 30.3 Å². The topological polar surface area (TPSA) is 123 Å². The van der Waals surface area contributed by atoms with E-state index in [1.807, 2.05) is 6.92 Å². The Morgan fingerprint density at radius 1 is 1.16 bits per heavy atom. The third-order valence-electron chi connectivity index (χ3n) is 4.49. The number of hydrogen-bond acceptors (Lipinski definition) is 7. The number of methoxy groups -OCH3 is 1. The number of Topliss-reactive ketones (excluding diaryl/α,β-unsaturated/α-hetero) is 1. The van der Waals surface area contributed by atoms with Gasteiger partial charge in [-0.25, -0.2) is 8.42 Å². The van der Waals surface area contributed by atoms with Crippen molar-refractivity contribution in [1.82, 2.24) is 5.32 Å². The first kappa shape index (κ1) is 22.4. The van der Waals surface area contributed by atoms with Crippen LogP contribution in [0.2, 0.25) is 0 Å². The molecule has 2 aromatic rings. The van der Waals surface area contributed by atoms with E-state index in [9.17, 15) is 18.0 Å². The molecule has 2 N–H and O–H groups in total. The lowest BCUT2D eigenvalue weighted by molar-refractivity contribution is -0.122. The van der Waals surface area contributed by atoms with Crippen molar-refractivity contribution in [3.63, 3.8) is 0 Å². The predicted molar refractivity (Wildman–Crippen MR) is 116 cm³/mol. The average molecular weight is 445 g/mol. The lowest BCUT2D eigenvalue weighted by atomic mass is 9.94. The molecular formula is C21H23N3O6S. The highest BCUT2D eigenvalue weighted by Crippen LogP contribution is 2.30. The summed E-state index contributed by atoms with van der Waals surface area (Å²) < 4.78 is 38.3. The monoisotopic (exact) mass is 445 g/mol. The molecule has 2 aromatic carbocycles. The van der Waals surface area contributed by atoms with E-state index in [-0.39, 0.29) is 17.0 Å². The molecule has 10 heteroatoms. The fourth-order valence-electron chi connectivity index (χ4n) is 2.96. The van der Waals surface area contributed by atoms with Gasteiger partial charge < -0.3 is 14.8 Å². The number of carbonyl (C=O) groups is 2. The largest absolute Gasteiger partial charge is 0.494 e. The van der Waals surface area contributed by atoms with E-state index in [1.165, 1.54) is 31.5 Å². The zero-order chi connectivity index (χ0) is 22.4. The molecule has 0 aliphatic carbocycles. The van der Waals surface area contributed by atoms with Crippen molar-refractivity contribution in [2.24, 2.45) is 10.9 Å². The molecule has 0 radical (unpaired) electrons. The molecule has 0 fully saturated rings. The number of nitrogens with one attached hydrogen (secondary N) is 2. The zero-order valence-electron chi connectivity index (χ0n) is 17.1. The third kappa shape index (κ3) is 5.28. The number of anilines is 1. The highest BCUT2D eigenvalue weighted by atomic mass is 32.2. The van der Waals surface area contributed by atoms with Crippen LogP contribution in [0.15, 0.2) is 52.4 Å². The number of rotatable bonds is 9. The first-order chi connectivity index (χ1) is 14.9. The van der Waals surface area contributed by atoms with Gasteiger partial charge in [0.2, 0.25) is 5.91 Å². The van der Waals surface area contributed by atoms with Crippen LogP contribution >= 0.6 is 0 Å². The SMILES string of the molecule is CCOc1ccc(NS(=O)(=O)c2ccc3c(c2)C(=O)C(C(=O)NCCOC)C=N3)cc1. The van der Waals surface area contributed by atoms with E-state index in [4.69, 9.17) is 9.47 Å². The second kappa shape index (κ2) is 9.71. The van der Waals surface area contributed by atoms with Gasteiger partial charge in [-0.3, -0.25) is 19.3 Å². The molecule has 1 heterocycles. The predicted octanol–water partition coefficient (Wildman–Crippen LogP) is 2.16. The summed E-state index contributed by atoms with van der Waals surface area (Å²) in [5.41, 5.74) is 0.732. The average Bonchev–Trinajstić information content (AvgIpc) is 2.75. The smallest absolute Gasteiger partial charge is 0.261 e. The van der Waals surface area contributed by atoms with E-state index < -0.39 is 27.6 Å². The number of aliphatic imine (C=N–C) groups is 1. The van der Waals surface area contributed by atoms with Crippen LogP contribution in [-0.4, -0.2) is 53.2 Å². The van der Waals surface area contributed by atoms with Crippen LogP contribution in [0.1, 0.15) is 17.3 Å². The van der Waals surface area contributed by atoms with Crippen molar-refractivity contribution in [1.29, 1.82) is 0 Å². The van der Waals surface area contributed by atoms with Crippen LogP contribution < -0.4 is 14.8 Å². The van der Waals surface area contributed by atoms with Gasteiger partial charge in [0.25, 0.3) is 10.0 Å². The Balaban J connectivity index is 1.80. The summed E-state index contributed by atoms with van der Waals surface area (Å²) in [5, 5.41) is 2.59. The number of ketones is 1. The van der Waals surface area contributed by atoms with Crippen LogP contribution in [0.4, 0.5) is 11.4 Å². The van der Waals surface area contributed by atoms with Crippen LogP contribution in [0.25, 0.3) is 0 Å². The van der Waals surface area contributed by atoms with Crippen molar-refractivity contribution >= 4 is 39.3 Å². The summed E-state index contributed by atoms with van der Waals surface area (Å²) in [6.07, 6.45) is 1.26. The van der Waals surface area contributed by atoms with Gasteiger partial charge in [0.15, 0.2) is 5.78 Å². The molecule has 0 saturated heterocycles. The quantitative estimate of drug-likeness (QED) is 0.450. The highest BCUT2D eigenvalue weighted by Gasteiger charge is 2.31. The molecule has 1 atom stereocenters. The van der Waals surface area contributed by atoms with E-state index in [2.05, 4.69) is 15.0 Å². The molecular weight excluding hydrogens is 422 g/mol. The zero-order valence-corrected chi connectivity index (χ0v) is 17.9. The molecule has 31 heavy (non-hydrogen) atoms. The highest BCUT2D eigenvalue weighted by molar-refractivity contribution is 7.92. The normalized spacial score (nSPS) is 15.3. The molecule has 1 aliphatic heterocycles. The van der Waals surface area contributed by atoms with Gasteiger partial charge in [-0.1, -0.05) is 0 Å². The maximum atomic E-state index is 12.8. The summed E-state index contributed by atoms with van der Waals surface area (Å²) in [6, 6.07) is 10.5. The minimum absolute atomic E-state index is 0.0731. The summed E-state index contributed by atoms with van der Waals surface area (Å²) in [4.78, 5) is 29.1. The van der Waals surface area contributed by atoms with Crippen molar-refractivity contribution in [3.8, 4) is 5.75 Å². The minimum atomic E-state index is -3.96. The second-order valence-corrected chi connectivity index (χ2v) is 8.33. The Hall–Kier alpha value is -3.24. The second-order valence-electron chi connectivity index (χ2n) is 6.65. The van der Waals surface area contributed by atoms with Crippen molar-refractivity contribution in [3.05, 3.63) is 48.0 Å². The molecule has 9 nitrogen and oxygen atoms in total. The van der Waals surface area contributed by atoms with Gasteiger partial charge in [-0.15, -0.1) is 0 Å². The molecule has 164 valence electrons. The van der Waals surface area contributed by atoms with Gasteiger partial charge in [0.1, 0.15) is 11.7 Å². The number of amides is 1. The molecule has 0 saturated carbocycles. The Kier molecular flexibility index (Phi) is 7.03. The lowest BCUT2D eigenvalue weighted by Gasteiger charge is -2.18. The number of sulfonamides is 1. The lowest BCUT2D eigenvalue weighted by Crippen LogP contribution is -2.39. The summed E-state index contributed by atoms with van der Waals surface area (Å²) in [6.45, 7) is 2.91. The number of hydrogen-bond donors (Lipinski definition) is 2. The molecule has 3 rings (SSSR count). The summed E-state index contributed by atoms with van der Waals surface area (Å²) >= 11 is 0. The minimum Gasteiger partial charge on any atom is -0.494 e. The van der Waals surface area contributed by atoms with E-state index >= 15 is 0 Å². The first-order valence-corrected chi connectivity index (χ1v) is 11.1. The maximum Gasteiger partial charge on any atom is 0.261 e. The van der Waals surface area contributed by atoms with Gasteiger partial charge >= 0.3 is 0 Å². The Bertz CT molecular complexity index is 1100. The Labute approximate surface area is 180 Å². The summed E-state index contributed by atoms with van der Waals surface area (Å²) in [7, 11) is -2.46. The van der Waals surface area contributed by atoms with Crippen LogP contribution in [-0.2, 0) is 19.6 Å². The molecule has 1 aliphatic rings. The summed E-state index contributed by atoms with van der Waals surface area (Å²) in [5.74, 6) is -1.53. The van der Waals surface area contributed by atoms with Gasteiger partial charge in [-0.2, -0.15) is 0 Å². The molecule has 0 aromatic heterocycles. The number of ether oxygens (including phenoxy) is 2. The fourth-order valence-corrected chi connectivity index (χ4v) is 4.04. The molecule has 1 amide bonds. The van der Waals surface area contributed by atoms with Crippen molar-refractivity contribution in [2.75, 3.05) is 31.6 Å². The number of nitrogens with zero attached hydrogens (tertiary/aromatic N) is 1. The van der Waals surface area contributed by atoms with Gasteiger partial charge in [0, 0.05) is 31.1 Å². The number of carbonyl (C=O) groups excluding carboxylic acids is 2. The van der Waals surface area contributed by atoms with Gasteiger partial charge in [0.05, 0.1) is 23.8 Å². The van der Waals surface area contributed by atoms with Crippen molar-refractivity contribution < 1.29 is 27.5 Å². The Morgan fingerprint density at radius 2 is 1.90 bits per heavy atom. The number of fused-ring (bicyclic) bond motifs is 1. The van der Waals surface area contributed by atoms with Crippen LogP contribution in [0, 0.1) is 5.92 Å². The van der Waals surface area contributed by atoms with E-state index in [0.717, 1.165) is 0 Å². The molecule has 1 unspecified atom stereocenters. The number of benzene rings is 2. The third-order valence-corrected chi connectivity index (χ3v) is 5.87. The standard InChI is InChI=1S/C21H23N3O6S/c1-3-30-15-6-4-14(5-7-15)24-31(27,28)16-8-9-19-17(12-16)20(25)18(13-23-19)21(26)22-10-11-29-2/h4-9,12-13,18,24H,3,10-11H2,1-2H3,(H,22,26). The van der Waals surface area contributed by atoms with Crippen LogP contribution in [0.5, 0.6) is 5.75 Å². The van der Waals surface area contributed by atoms with Gasteiger partial charge in [-0.05, 0) is 49.4 Å². The van der Waals surface area contributed by atoms with E-state index in [1.54, 1.807) is 24.3 Å². The van der Waals surface area contributed by atoms with Crippen LogP contribution in [0.3, 0.4) is 0 Å². The maximum absolute atomic E-state index is 12.8. The first-order valence-electron chi connectivity index (χ1n) is 9.60. The fraction of sp³-hybridized carbons (Fsp3) is 0.286. The molecule has 0 spiro atoms. The molecule has 0 bridgehead atoms. The Morgan fingerprint density at radius 3 is 2.58 bits per heavy atom. The van der Waals surface area contributed by atoms with Crippen molar-refractivity contribution in [2.45, 2.75) is 11.8 Å².